The third-order valence-corrected chi connectivity index (χ3v) is 4.86. The molecule has 3 rings (SSSR count). The molecule has 0 bridgehead atoms. The van der Waals surface area contributed by atoms with E-state index in [1.54, 1.807) is 18.2 Å². The van der Waals surface area contributed by atoms with E-state index in [2.05, 4.69) is 10.3 Å². The number of aliphatic imine (C=N–C) groups is 1. The second kappa shape index (κ2) is 7.61. The minimum Gasteiger partial charge on any atom is -0.475 e. The van der Waals surface area contributed by atoms with Gasteiger partial charge in [-0.2, -0.15) is 0 Å². The molecular weight excluding hydrogens is 351 g/mol. The van der Waals surface area contributed by atoms with Crippen molar-refractivity contribution >= 4 is 30.3 Å². The number of ether oxygens (including phenoxy) is 1. The molecule has 1 amide bonds. The third-order valence-electron chi connectivity index (χ3n) is 3.99. The van der Waals surface area contributed by atoms with Gasteiger partial charge in [-0.1, -0.05) is 18.2 Å². The smallest absolute Gasteiger partial charge is 0.475 e. The Morgan fingerprint density at radius 1 is 1.38 bits per heavy atom. The summed E-state index contributed by atoms with van der Waals surface area (Å²) in [5.41, 5.74) is 1.04. The molecule has 0 fully saturated rings. The Morgan fingerprint density at radius 3 is 2.81 bits per heavy atom. The van der Waals surface area contributed by atoms with Crippen LogP contribution in [0.5, 0.6) is 0 Å². The summed E-state index contributed by atoms with van der Waals surface area (Å²) in [5, 5.41) is 24.1. The summed E-state index contributed by atoms with van der Waals surface area (Å²) in [6, 6.07) is 10.9. The van der Waals surface area contributed by atoms with Crippen LogP contribution in [-0.2, 0) is 16.0 Å². The Bertz CT molecular complexity index is 805. The molecule has 1 aliphatic rings. The van der Waals surface area contributed by atoms with Crippen molar-refractivity contribution in [1.82, 2.24) is 5.32 Å². The minimum atomic E-state index is -1.72. The van der Waals surface area contributed by atoms with Gasteiger partial charge >= 0.3 is 7.12 Å². The molecular formula is C18H21BN2O4S. The first-order chi connectivity index (χ1) is 12.3. The topological polar surface area (TPSA) is 91.2 Å². The van der Waals surface area contributed by atoms with Crippen molar-refractivity contribution in [2.75, 3.05) is 6.61 Å². The molecule has 3 N–H and O–H groups in total. The molecule has 2 heterocycles. The van der Waals surface area contributed by atoms with Gasteiger partial charge in [0.1, 0.15) is 6.61 Å². The molecule has 6 nitrogen and oxygen atoms in total. The van der Waals surface area contributed by atoms with Gasteiger partial charge in [0.25, 0.3) is 0 Å². The van der Waals surface area contributed by atoms with Crippen LogP contribution in [-0.4, -0.2) is 41.1 Å². The van der Waals surface area contributed by atoms with E-state index in [-0.39, 0.29) is 17.9 Å². The van der Waals surface area contributed by atoms with Crippen LogP contribution in [0.4, 0.5) is 0 Å². The molecule has 1 aromatic heterocycles. The van der Waals surface area contributed by atoms with Crippen molar-refractivity contribution in [3.8, 4) is 0 Å². The van der Waals surface area contributed by atoms with Gasteiger partial charge in [0, 0.05) is 10.4 Å². The lowest BCUT2D eigenvalue weighted by molar-refractivity contribution is -0.120. The van der Waals surface area contributed by atoms with Crippen LogP contribution in [0.3, 0.4) is 0 Å². The summed E-state index contributed by atoms with van der Waals surface area (Å²) in [5.74, 6) is -0.683. The van der Waals surface area contributed by atoms with E-state index in [4.69, 9.17) is 4.74 Å². The fourth-order valence-electron chi connectivity index (χ4n) is 2.72. The first-order valence-corrected chi connectivity index (χ1v) is 9.23. The highest BCUT2D eigenvalue weighted by molar-refractivity contribution is 7.10. The Morgan fingerprint density at radius 2 is 2.19 bits per heavy atom. The number of nitrogens with one attached hydrogen (secondary N) is 1. The Labute approximate surface area is 156 Å². The third kappa shape index (κ3) is 4.52. The van der Waals surface area contributed by atoms with Gasteiger partial charge in [0.15, 0.2) is 0 Å². The minimum absolute atomic E-state index is 0.199. The quantitative estimate of drug-likeness (QED) is 0.674. The van der Waals surface area contributed by atoms with E-state index in [1.165, 1.54) is 11.3 Å². The van der Waals surface area contributed by atoms with Gasteiger partial charge in [0.2, 0.25) is 11.8 Å². The molecule has 8 heteroatoms. The average molecular weight is 372 g/mol. The maximum absolute atomic E-state index is 12.2. The summed E-state index contributed by atoms with van der Waals surface area (Å²) in [6.45, 7) is 4.46. The lowest BCUT2D eigenvalue weighted by Gasteiger charge is -2.19. The largest absolute Gasteiger partial charge is 0.480 e. The molecule has 0 saturated carbocycles. The summed E-state index contributed by atoms with van der Waals surface area (Å²) < 4.78 is 5.64. The van der Waals surface area contributed by atoms with Gasteiger partial charge in [-0.15, -0.1) is 11.3 Å². The number of benzene rings is 1. The average Bonchev–Trinajstić information content (AvgIpc) is 3.21. The molecule has 26 heavy (non-hydrogen) atoms. The van der Waals surface area contributed by atoms with Gasteiger partial charge in [-0.05, 0) is 43.0 Å². The maximum Gasteiger partial charge on any atom is 0.480 e. The first kappa shape index (κ1) is 18.6. The zero-order valence-electron chi connectivity index (χ0n) is 14.7. The summed E-state index contributed by atoms with van der Waals surface area (Å²) in [7, 11) is -1.72. The molecule has 136 valence electrons. The molecule has 1 atom stereocenters. The van der Waals surface area contributed by atoms with Crippen LogP contribution in [0.1, 0.15) is 35.8 Å². The number of amides is 1. The SMILES string of the molecule is CC1(C)COC(c2cccc([C@H](NC(=O)Cc3cccs3)B(O)O)c2)=N1. The molecule has 0 radical (unpaired) electrons. The summed E-state index contributed by atoms with van der Waals surface area (Å²) in [6.07, 6.45) is 0.199. The maximum atomic E-state index is 12.2. The lowest BCUT2D eigenvalue weighted by Crippen LogP contribution is -2.40. The number of hydrogen-bond acceptors (Lipinski definition) is 6. The number of rotatable bonds is 6. The molecule has 0 spiro atoms. The van der Waals surface area contributed by atoms with Crippen LogP contribution in [0.2, 0.25) is 0 Å². The van der Waals surface area contributed by atoms with Crippen molar-refractivity contribution < 1.29 is 19.6 Å². The van der Waals surface area contributed by atoms with Crippen molar-refractivity contribution in [3.05, 3.63) is 57.8 Å². The Balaban J connectivity index is 1.78. The summed E-state index contributed by atoms with van der Waals surface area (Å²) in [4.78, 5) is 17.7. The molecule has 1 aromatic carbocycles. The second-order valence-electron chi connectivity index (χ2n) is 6.86. The van der Waals surface area contributed by atoms with E-state index in [9.17, 15) is 14.8 Å². The number of carbonyl (C=O) groups is 1. The van der Waals surface area contributed by atoms with Crippen LogP contribution >= 0.6 is 11.3 Å². The normalized spacial score (nSPS) is 16.5. The van der Waals surface area contributed by atoms with Gasteiger partial charge in [-0.3, -0.25) is 4.79 Å². The van der Waals surface area contributed by atoms with E-state index in [1.807, 2.05) is 37.4 Å². The lowest BCUT2D eigenvalue weighted by atomic mass is 9.74. The van der Waals surface area contributed by atoms with Crippen molar-refractivity contribution in [3.63, 3.8) is 0 Å². The summed E-state index contributed by atoms with van der Waals surface area (Å²) >= 11 is 1.48. The van der Waals surface area contributed by atoms with Crippen molar-refractivity contribution in [1.29, 1.82) is 0 Å². The van der Waals surface area contributed by atoms with Gasteiger partial charge < -0.3 is 20.1 Å². The molecule has 2 aromatic rings. The van der Waals surface area contributed by atoms with E-state index in [0.717, 1.165) is 10.4 Å². The van der Waals surface area contributed by atoms with E-state index >= 15 is 0 Å². The monoisotopic (exact) mass is 372 g/mol. The molecule has 0 unspecified atom stereocenters. The van der Waals surface area contributed by atoms with Gasteiger partial charge in [-0.25, -0.2) is 4.99 Å². The highest BCUT2D eigenvalue weighted by Gasteiger charge is 2.30. The predicted molar refractivity (Wildman–Crippen MR) is 102 cm³/mol. The number of hydrogen-bond donors (Lipinski definition) is 3. The fraction of sp³-hybridized carbons (Fsp3) is 0.333. The molecule has 0 saturated heterocycles. The Kier molecular flexibility index (Phi) is 5.45. The zero-order valence-corrected chi connectivity index (χ0v) is 15.5. The number of nitrogens with zero attached hydrogens (tertiary/aromatic N) is 1. The molecule has 0 aliphatic carbocycles. The second-order valence-corrected chi connectivity index (χ2v) is 7.89. The number of thiophene rings is 1. The number of carbonyl (C=O) groups excluding carboxylic acids is 1. The zero-order chi connectivity index (χ0) is 18.7. The van der Waals surface area contributed by atoms with Crippen molar-refractivity contribution in [2.24, 2.45) is 4.99 Å². The predicted octanol–water partition coefficient (Wildman–Crippen LogP) is 1.72. The fourth-order valence-corrected chi connectivity index (χ4v) is 3.43. The van der Waals surface area contributed by atoms with Crippen LogP contribution in [0.15, 0.2) is 46.8 Å². The standard InChI is InChI=1S/C18H21BN2O4S/c1-18(2)11-25-17(21-18)13-6-3-5-12(9-13)16(19(23)24)20-15(22)10-14-7-4-8-26-14/h3-9,16,23-24H,10-11H2,1-2H3,(H,20,22)/t16-/m0/s1. The van der Waals surface area contributed by atoms with Crippen LogP contribution in [0, 0.1) is 0 Å². The Hall–Kier alpha value is -2.16. The highest BCUT2D eigenvalue weighted by Crippen LogP contribution is 2.23. The van der Waals surface area contributed by atoms with E-state index < -0.39 is 13.1 Å². The van der Waals surface area contributed by atoms with E-state index in [0.29, 0.717) is 18.1 Å². The van der Waals surface area contributed by atoms with Gasteiger partial charge in [0.05, 0.1) is 17.9 Å². The molecule has 1 aliphatic heterocycles. The van der Waals surface area contributed by atoms with Crippen LogP contribution < -0.4 is 5.32 Å². The van der Waals surface area contributed by atoms with Crippen LogP contribution in [0.25, 0.3) is 0 Å². The first-order valence-electron chi connectivity index (χ1n) is 8.35. The highest BCUT2D eigenvalue weighted by atomic mass is 32.1. The van der Waals surface area contributed by atoms with Crippen molar-refractivity contribution in [2.45, 2.75) is 31.7 Å².